The fourth-order valence-electron chi connectivity index (χ4n) is 3.59. The van der Waals surface area contributed by atoms with Gasteiger partial charge in [0.25, 0.3) is 5.91 Å². The lowest BCUT2D eigenvalue weighted by Gasteiger charge is -2.18. The van der Waals surface area contributed by atoms with Crippen molar-refractivity contribution in [2.24, 2.45) is 0 Å². The first-order valence-corrected chi connectivity index (χ1v) is 12.1. The molecular formula is C22H18Cl2F3N5O2S. The van der Waals surface area contributed by atoms with E-state index in [0.29, 0.717) is 10.8 Å². The summed E-state index contributed by atoms with van der Waals surface area (Å²) < 4.78 is 39.1. The van der Waals surface area contributed by atoms with Crippen LogP contribution in [-0.2, 0) is 12.6 Å². The number of nitrogens with one attached hydrogen (secondary N) is 1. The van der Waals surface area contributed by atoms with Gasteiger partial charge < -0.3 is 10.2 Å². The third kappa shape index (κ3) is 5.91. The van der Waals surface area contributed by atoms with E-state index < -0.39 is 22.7 Å². The van der Waals surface area contributed by atoms with Crippen molar-refractivity contribution in [1.82, 2.24) is 15.0 Å². The summed E-state index contributed by atoms with van der Waals surface area (Å²) in [5.41, 5.74) is -0.956. The summed E-state index contributed by atoms with van der Waals surface area (Å²) in [5, 5.41) is 2.68. The van der Waals surface area contributed by atoms with Crippen molar-refractivity contribution in [1.29, 1.82) is 0 Å². The standard InChI is InChI=1S/C22H18Cl2F3N5O2S/c23-14-4-3-12(9-13(14)22(25,26)27)31-21(34)16-10-28-17(35-16)6-5-15(33)19-18(24)20(30-11-29-19)32-7-1-2-8-32/h3-4,9-11H,1-2,5-8H2,(H,31,34). The van der Waals surface area contributed by atoms with Crippen molar-refractivity contribution in [2.75, 3.05) is 23.3 Å². The van der Waals surface area contributed by atoms with Gasteiger partial charge in [-0.1, -0.05) is 23.2 Å². The molecule has 0 atom stereocenters. The lowest BCUT2D eigenvalue weighted by Crippen LogP contribution is -2.21. The number of amides is 1. The molecule has 184 valence electrons. The number of benzene rings is 1. The Balaban J connectivity index is 1.39. The zero-order chi connectivity index (χ0) is 25.2. The first-order chi connectivity index (χ1) is 16.6. The molecule has 1 fully saturated rings. The molecule has 2 aromatic heterocycles. The first kappa shape index (κ1) is 25.3. The summed E-state index contributed by atoms with van der Waals surface area (Å²) in [4.78, 5) is 39.8. The highest BCUT2D eigenvalue weighted by molar-refractivity contribution is 7.13. The first-order valence-electron chi connectivity index (χ1n) is 10.5. The van der Waals surface area contributed by atoms with Crippen LogP contribution in [0.4, 0.5) is 24.7 Å². The molecular weight excluding hydrogens is 526 g/mol. The number of alkyl halides is 3. The number of hydrogen-bond donors (Lipinski definition) is 1. The second-order valence-electron chi connectivity index (χ2n) is 7.74. The molecule has 1 aliphatic rings. The van der Waals surface area contributed by atoms with Crippen LogP contribution in [0.3, 0.4) is 0 Å². The lowest BCUT2D eigenvalue weighted by atomic mass is 10.1. The minimum atomic E-state index is -4.65. The maximum absolute atomic E-state index is 13.0. The van der Waals surface area contributed by atoms with Gasteiger partial charge in [0.15, 0.2) is 11.6 Å². The molecule has 35 heavy (non-hydrogen) atoms. The molecule has 0 spiro atoms. The van der Waals surface area contributed by atoms with Crippen LogP contribution < -0.4 is 10.2 Å². The number of thiazole rings is 1. The Kier molecular flexibility index (Phi) is 7.58. The number of ketones is 1. The average molecular weight is 544 g/mol. The second-order valence-corrected chi connectivity index (χ2v) is 9.64. The normalized spacial score (nSPS) is 13.8. The van der Waals surface area contributed by atoms with Crippen LogP contribution in [0.5, 0.6) is 0 Å². The highest BCUT2D eigenvalue weighted by Crippen LogP contribution is 2.36. The number of rotatable bonds is 7. The minimum absolute atomic E-state index is 0.0518. The topological polar surface area (TPSA) is 88.1 Å². The fourth-order valence-corrected chi connectivity index (χ4v) is 4.95. The monoisotopic (exact) mass is 543 g/mol. The van der Waals surface area contributed by atoms with Crippen LogP contribution in [0.2, 0.25) is 10.0 Å². The highest BCUT2D eigenvalue weighted by atomic mass is 35.5. The van der Waals surface area contributed by atoms with Crippen LogP contribution in [0.25, 0.3) is 0 Å². The number of carbonyl (C=O) groups is 2. The second kappa shape index (κ2) is 10.5. The molecule has 1 saturated heterocycles. The van der Waals surface area contributed by atoms with E-state index >= 15 is 0 Å². The Bertz CT molecular complexity index is 1260. The van der Waals surface area contributed by atoms with Gasteiger partial charge in [0.1, 0.15) is 21.9 Å². The van der Waals surface area contributed by atoms with Gasteiger partial charge >= 0.3 is 6.18 Å². The maximum Gasteiger partial charge on any atom is 0.417 e. The quantitative estimate of drug-likeness (QED) is 0.372. The van der Waals surface area contributed by atoms with Crippen LogP contribution in [0, 0.1) is 0 Å². The van der Waals surface area contributed by atoms with Crippen molar-refractivity contribution in [3.05, 3.63) is 61.9 Å². The summed E-state index contributed by atoms with van der Waals surface area (Å²) in [7, 11) is 0. The van der Waals surface area contributed by atoms with Crippen molar-refractivity contribution >= 4 is 57.7 Å². The van der Waals surface area contributed by atoms with Crippen LogP contribution >= 0.6 is 34.5 Å². The van der Waals surface area contributed by atoms with E-state index in [1.165, 1.54) is 18.6 Å². The number of anilines is 2. The predicted octanol–water partition coefficient (Wildman–Crippen LogP) is 5.93. The van der Waals surface area contributed by atoms with Crippen LogP contribution in [-0.4, -0.2) is 39.7 Å². The number of nitrogens with zero attached hydrogens (tertiary/aromatic N) is 4. The average Bonchev–Trinajstić information content (AvgIpc) is 3.51. The molecule has 3 heterocycles. The molecule has 1 N–H and O–H groups in total. The largest absolute Gasteiger partial charge is 0.417 e. The van der Waals surface area contributed by atoms with E-state index in [4.69, 9.17) is 23.2 Å². The Labute approximate surface area is 212 Å². The van der Waals surface area contributed by atoms with Gasteiger partial charge in [0.2, 0.25) is 0 Å². The number of Topliss-reactive ketones (excluding diaryl/α,β-unsaturated/α-hetero) is 1. The number of carbonyl (C=O) groups excluding carboxylic acids is 2. The molecule has 13 heteroatoms. The SMILES string of the molecule is O=C(Nc1ccc(Cl)c(C(F)(F)F)c1)c1cnc(CCC(=O)c2ncnc(N3CCCC3)c2Cl)s1. The van der Waals surface area contributed by atoms with E-state index in [2.05, 4.69) is 20.3 Å². The number of aryl methyl sites for hydroxylation is 1. The van der Waals surface area contributed by atoms with E-state index in [0.717, 1.165) is 49.4 Å². The van der Waals surface area contributed by atoms with Gasteiger partial charge in [-0.15, -0.1) is 11.3 Å². The molecule has 0 bridgehead atoms. The number of halogens is 5. The Morgan fingerprint density at radius 1 is 1.11 bits per heavy atom. The van der Waals surface area contributed by atoms with Gasteiger partial charge in [-0.2, -0.15) is 13.2 Å². The van der Waals surface area contributed by atoms with Crippen molar-refractivity contribution in [3.8, 4) is 0 Å². The summed E-state index contributed by atoms with van der Waals surface area (Å²) in [5.74, 6) is -0.351. The Hall–Kier alpha value is -2.76. The van der Waals surface area contributed by atoms with E-state index in [-0.39, 0.29) is 39.9 Å². The fraction of sp³-hybridized carbons (Fsp3) is 0.318. The Morgan fingerprint density at radius 2 is 1.86 bits per heavy atom. The molecule has 0 saturated carbocycles. The number of hydrogen-bond acceptors (Lipinski definition) is 7. The summed E-state index contributed by atoms with van der Waals surface area (Å²) >= 11 is 13.1. The van der Waals surface area contributed by atoms with E-state index in [9.17, 15) is 22.8 Å². The molecule has 0 unspecified atom stereocenters. The number of aromatic nitrogens is 3. The maximum atomic E-state index is 13.0. The molecule has 0 radical (unpaired) electrons. The smallest absolute Gasteiger partial charge is 0.355 e. The van der Waals surface area contributed by atoms with Gasteiger partial charge in [0.05, 0.1) is 21.8 Å². The summed E-state index contributed by atoms with van der Waals surface area (Å²) in [6.07, 6.45) is 0.356. The lowest BCUT2D eigenvalue weighted by molar-refractivity contribution is -0.137. The van der Waals surface area contributed by atoms with E-state index in [1.54, 1.807) is 0 Å². The zero-order valence-corrected chi connectivity index (χ0v) is 20.4. The van der Waals surface area contributed by atoms with Gasteiger partial charge in [0, 0.05) is 31.6 Å². The third-order valence-electron chi connectivity index (χ3n) is 5.31. The summed E-state index contributed by atoms with van der Waals surface area (Å²) in [6, 6.07) is 3.11. The minimum Gasteiger partial charge on any atom is -0.355 e. The van der Waals surface area contributed by atoms with Crippen molar-refractivity contribution in [2.45, 2.75) is 31.9 Å². The molecule has 1 aromatic carbocycles. The van der Waals surface area contributed by atoms with Crippen LogP contribution in [0.15, 0.2) is 30.7 Å². The third-order valence-corrected chi connectivity index (χ3v) is 7.05. The molecule has 3 aromatic rings. The highest BCUT2D eigenvalue weighted by Gasteiger charge is 2.33. The predicted molar refractivity (Wildman–Crippen MR) is 128 cm³/mol. The van der Waals surface area contributed by atoms with E-state index in [1.807, 2.05) is 4.90 Å². The molecule has 7 nitrogen and oxygen atoms in total. The molecule has 0 aliphatic carbocycles. The van der Waals surface area contributed by atoms with Crippen molar-refractivity contribution < 1.29 is 22.8 Å². The zero-order valence-electron chi connectivity index (χ0n) is 18.0. The summed E-state index contributed by atoms with van der Waals surface area (Å²) in [6.45, 7) is 1.64. The van der Waals surface area contributed by atoms with Gasteiger partial charge in [-0.05, 0) is 31.0 Å². The molecule has 1 aliphatic heterocycles. The van der Waals surface area contributed by atoms with Gasteiger partial charge in [-0.25, -0.2) is 15.0 Å². The molecule has 1 amide bonds. The Morgan fingerprint density at radius 3 is 2.57 bits per heavy atom. The molecule has 4 rings (SSSR count). The van der Waals surface area contributed by atoms with Gasteiger partial charge in [-0.3, -0.25) is 9.59 Å². The van der Waals surface area contributed by atoms with Crippen LogP contribution in [0.1, 0.15) is 50.0 Å². The van der Waals surface area contributed by atoms with Crippen molar-refractivity contribution in [3.63, 3.8) is 0 Å².